The van der Waals surface area contributed by atoms with Crippen LogP contribution in [0.25, 0.3) is 0 Å². The smallest absolute Gasteiger partial charge is 0.0857 e. The molecule has 0 atom stereocenters. The first-order valence-electron chi connectivity index (χ1n) is 5.69. The standard InChI is InChI=1S/C12H15BrN6/c13-12-6-10(8-18(15)4-1-14)5-11(7-12)9-19-16-2-3-17-19/h1-7H,8-9,14-15H2/b4-1-. The van der Waals surface area contributed by atoms with Gasteiger partial charge >= 0.3 is 0 Å². The monoisotopic (exact) mass is 322 g/mol. The first-order chi connectivity index (χ1) is 9.17. The maximum atomic E-state index is 5.77. The summed E-state index contributed by atoms with van der Waals surface area (Å²) in [6.07, 6.45) is 6.35. The summed E-state index contributed by atoms with van der Waals surface area (Å²) in [4.78, 5) is 1.63. The Labute approximate surface area is 119 Å². The molecule has 19 heavy (non-hydrogen) atoms. The zero-order valence-electron chi connectivity index (χ0n) is 10.3. The predicted octanol–water partition coefficient (Wildman–Crippen LogP) is 1.19. The summed E-state index contributed by atoms with van der Waals surface area (Å²) in [5.74, 6) is 5.77. The molecule has 0 amide bonds. The van der Waals surface area contributed by atoms with Crippen LogP contribution in [-0.4, -0.2) is 20.0 Å². The van der Waals surface area contributed by atoms with Gasteiger partial charge in [-0.25, -0.2) is 5.84 Å². The zero-order chi connectivity index (χ0) is 13.7. The van der Waals surface area contributed by atoms with Crippen LogP contribution < -0.4 is 11.6 Å². The average Bonchev–Trinajstić information content (AvgIpc) is 2.81. The number of rotatable bonds is 5. The van der Waals surface area contributed by atoms with Gasteiger partial charge in [0, 0.05) is 16.9 Å². The number of benzene rings is 1. The summed E-state index contributed by atoms with van der Waals surface area (Å²) in [7, 11) is 0. The second-order valence-electron chi connectivity index (χ2n) is 4.04. The number of hydrazine groups is 1. The normalized spacial score (nSPS) is 11.1. The van der Waals surface area contributed by atoms with Gasteiger partial charge in [-0.05, 0) is 23.3 Å². The molecule has 1 aromatic heterocycles. The third kappa shape index (κ3) is 4.08. The molecule has 0 bridgehead atoms. The van der Waals surface area contributed by atoms with Crippen LogP contribution >= 0.6 is 15.9 Å². The maximum absolute atomic E-state index is 5.77. The van der Waals surface area contributed by atoms with Gasteiger partial charge in [-0.1, -0.05) is 22.0 Å². The molecule has 2 rings (SSSR count). The van der Waals surface area contributed by atoms with Crippen molar-refractivity contribution >= 4 is 15.9 Å². The molecule has 0 aliphatic heterocycles. The Bertz CT molecular complexity index is 551. The summed E-state index contributed by atoms with van der Waals surface area (Å²) in [6.45, 7) is 1.20. The Morgan fingerprint density at radius 3 is 2.58 bits per heavy atom. The largest absolute Gasteiger partial charge is 0.403 e. The number of aromatic nitrogens is 3. The lowest BCUT2D eigenvalue weighted by Gasteiger charge is -2.14. The average molecular weight is 323 g/mol. The Hall–Kier alpha value is -1.86. The lowest BCUT2D eigenvalue weighted by atomic mass is 10.1. The highest BCUT2D eigenvalue weighted by atomic mass is 79.9. The minimum absolute atomic E-state index is 0.576. The molecular weight excluding hydrogens is 308 g/mol. The fraction of sp³-hybridized carbons (Fsp3) is 0.167. The zero-order valence-corrected chi connectivity index (χ0v) is 11.9. The number of hydrogen-bond acceptors (Lipinski definition) is 5. The van der Waals surface area contributed by atoms with E-state index in [0.29, 0.717) is 13.1 Å². The highest BCUT2D eigenvalue weighted by Crippen LogP contribution is 2.17. The minimum Gasteiger partial charge on any atom is -0.403 e. The van der Waals surface area contributed by atoms with Crippen molar-refractivity contribution in [1.82, 2.24) is 20.0 Å². The van der Waals surface area contributed by atoms with Crippen molar-refractivity contribution in [2.75, 3.05) is 0 Å². The van der Waals surface area contributed by atoms with Crippen LogP contribution in [0.3, 0.4) is 0 Å². The molecule has 0 aliphatic carbocycles. The van der Waals surface area contributed by atoms with E-state index in [4.69, 9.17) is 11.6 Å². The quantitative estimate of drug-likeness (QED) is 0.638. The van der Waals surface area contributed by atoms with Crippen LogP contribution in [0.1, 0.15) is 11.1 Å². The lowest BCUT2D eigenvalue weighted by molar-refractivity contribution is 0.386. The molecule has 0 aliphatic rings. The van der Waals surface area contributed by atoms with Gasteiger partial charge in [-0.2, -0.15) is 15.0 Å². The van der Waals surface area contributed by atoms with E-state index in [9.17, 15) is 0 Å². The Kier molecular flexibility index (Phi) is 4.53. The predicted molar refractivity (Wildman–Crippen MR) is 76.3 cm³/mol. The fourth-order valence-corrected chi connectivity index (χ4v) is 2.35. The van der Waals surface area contributed by atoms with Gasteiger partial charge in [0.05, 0.1) is 25.5 Å². The third-order valence-corrected chi connectivity index (χ3v) is 2.91. The van der Waals surface area contributed by atoms with Gasteiger partial charge in [-0.3, -0.25) is 0 Å². The maximum Gasteiger partial charge on any atom is 0.0857 e. The van der Waals surface area contributed by atoms with Gasteiger partial charge < -0.3 is 10.7 Å². The molecule has 0 saturated carbocycles. The molecule has 0 saturated heterocycles. The summed E-state index contributed by atoms with van der Waals surface area (Å²) in [5, 5.41) is 9.70. The van der Waals surface area contributed by atoms with E-state index in [1.54, 1.807) is 23.4 Å². The summed E-state index contributed by atoms with van der Waals surface area (Å²) < 4.78 is 0.997. The molecule has 0 fully saturated rings. The van der Waals surface area contributed by atoms with Crippen LogP contribution in [0.15, 0.2) is 47.5 Å². The van der Waals surface area contributed by atoms with Crippen LogP contribution in [0.5, 0.6) is 0 Å². The SMILES string of the molecule is N/C=C\N(N)Cc1cc(Br)cc(Cn2nccn2)c1. The lowest BCUT2D eigenvalue weighted by Crippen LogP contribution is -2.24. The van der Waals surface area contributed by atoms with Crippen molar-refractivity contribution in [1.29, 1.82) is 0 Å². The fourth-order valence-electron chi connectivity index (χ4n) is 1.76. The third-order valence-electron chi connectivity index (χ3n) is 2.45. The Balaban J connectivity index is 2.14. The molecule has 0 spiro atoms. The summed E-state index contributed by atoms with van der Waals surface area (Å²) in [5.41, 5.74) is 7.49. The van der Waals surface area contributed by atoms with Crippen LogP contribution in [-0.2, 0) is 13.1 Å². The summed E-state index contributed by atoms with van der Waals surface area (Å²) >= 11 is 3.49. The van der Waals surface area contributed by atoms with Gasteiger partial charge in [0.25, 0.3) is 0 Å². The second-order valence-corrected chi connectivity index (χ2v) is 4.96. The first kappa shape index (κ1) is 13.6. The van der Waals surface area contributed by atoms with Gasteiger partial charge in [-0.15, -0.1) is 0 Å². The van der Waals surface area contributed by atoms with Crippen molar-refractivity contribution in [2.24, 2.45) is 11.6 Å². The van der Waals surface area contributed by atoms with E-state index < -0.39 is 0 Å². The number of nitrogens with two attached hydrogens (primary N) is 2. The van der Waals surface area contributed by atoms with Crippen molar-refractivity contribution in [3.8, 4) is 0 Å². The number of hydrogen-bond donors (Lipinski definition) is 2. The summed E-state index contributed by atoms with van der Waals surface area (Å²) in [6, 6.07) is 6.12. The van der Waals surface area contributed by atoms with Crippen LogP contribution in [0.2, 0.25) is 0 Å². The van der Waals surface area contributed by atoms with E-state index >= 15 is 0 Å². The van der Waals surface area contributed by atoms with E-state index in [0.717, 1.165) is 15.6 Å². The first-order valence-corrected chi connectivity index (χ1v) is 6.49. The molecule has 1 aromatic carbocycles. The highest BCUT2D eigenvalue weighted by molar-refractivity contribution is 9.10. The van der Waals surface area contributed by atoms with E-state index in [1.165, 1.54) is 11.2 Å². The second kappa shape index (κ2) is 6.35. The van der Waals surface area contributed by atoms with Crippen LogP contribution in [0.4, 0.5) is 0 Å². The number of halogens is 1. The highest BCUT2D eigenvalue weighted by Gasteiger charge is 2.03. The van der Waals surface area contributed by atoms with E-state index in [1.807, 2.05) is 12.1 Å². The van der Waals surface area contributed by atoms with E-state index in [2.05, 4.69) is 32.2 Å². The molecule has 2 aromatic rings. The van der Waals surface area contributed by atoms with Gasteiger partial charge in [0.15, 0.2) is 0 Å². The van der Waals surface area contributed by atoms with Crippen molar-refractivity contribution in [3.05, 3.63) is 58.6 Å². The molecule has 1 heterocycles. The van der Waals surface area contributed by atoms with Crippen LogP contribution in [0, 0.1) is 0 Å². The molecule has 4 N–H and O–H groups in total. The number of nitrogens with zero attached hydrogens (tertiary/aromatic N) is 4. The van der Waals surface area contributed by atoms with Gasteiger partial charge in [0.2, 0.25) is 0 Å². The van der Waals surface area contributed by atoms with Crippen molar-refractivity contribution in [3.63, 3.8) is 0 Å². The molecule has 0 unspecified atom stereocenters. The molecule has 7 heteroatoms. The molecule has 6 nitrogen and oxygen atoms in total. The molecule has 0 radical (unpaired) electrons. The van der Waals surface area contributed by atoms with Gasteiger partial charge in [0.1, 0.15) is 0 Å². The topological polar surface area (TPSA) is 86.0 Å². The van der Waals surface area contributed by atoms with Crippen molar-refractivity contribution in [2.45, 2.75) is 13.1 Å². The Morgan fingerprint density at radius 2 is 1.89 bits per heavy atom. The van der Waals surface area contributed by atoms with Crippen molar-refractivity contribution < 1.29 is 0 Å². The molecular formula is C12H15BrN6. The van der Waals surface area contributed by atoms with E-state index in [-0.39, 0.29) is 0 Å². The molecule has 100 valence electrons. The Morgan fingerprint density at radius 1 is 1.21 bits per heavy atom. The minimum atomic E-state index is 0.576.